The van der Waals surface area contributed by atoms with Crippen LogP contribution in [0.4, 0.5) is 4.79 Å². The minimum absolute atomic E-state index is 0.131. The number of nitrogens with one attached hydrogen (secondary N) is 2. The predicted molar refractivity (Wildman–Crippen MR) is 95.4 cm³/mol. The normalized spacial score (nSPS) is 12.8. The maximum Gasteiger partial charge on any atom is 0.336 e. The van der Waals surface area contributed by atoms with Gasteiger partial charge in [-0.1, -0.05) is 24.3 Å². The molecular formula is C19H21N3O4. The van der Waals surface area contributed by atoms with Crippen LogP contribution in [0.2, 0.25) is 0 Å². The summed E-state index contributed by atoms with van der Waals surface area (Å²) in [6.45, 7) is 1.17. The zero-order valence-electron chi connectivity index (χ0n) is 14.3. The Morgan fingerprint density at radius 2 is 1.88 bits per heavy atom. The van der Waals surface area contributed by atoms with E-state index in [1.807, 2.05) is 36.4 Å². The molecule has 0 spiro atoms. The molecule has 1 aliphatic heterocycles. The molecule has 2 aromatic rings. The van der Waals surface area contributed by atoms with E-state index in [9.17, 15) is 14.7 Å². The number of phenols is 1. The molecule has 26 heavy (non-hydrogen) atoms. The molecule has 0 saturated heterocycles. The largest absolute Gasteiger partial charge is 0.508 e. The van der Waals surface area contributed by atoms with Crippen LogP contribution < -0.4 is 15.6 Å². The van der Waals surface area contributed by atoms with Crippen molar-refractivity contribution in [2.24, 2.45) is 0 Å². The van der Waals surface area contributed by atoms with E-state index in [0.717, 1.165) is 11.1 Å². The Bertz CT molecular complexity index is 780. The van der Waals surface area contributed by atoms with Crippen LogP contribution in [0.15, 0.2) is 48.5 Å². The average Bonchev–Trinajstić information content (AvgIpc) is 2.66. The number of hydrogen-bond donors (Lipinski definition) is 3. The molecule has 1 heterocycles. The fraction of sp³-hybridized carbons (Fsp3) is 0.263. The summed E-state index contributed by atoms with van der Waals surface area (Å²) in [5.41, 5.74) is 6.84. The number of carbonyl (C=O) groups excluding carboxylic acids is 2. The Kier molecular flexibility index (Phi) is 5.58. The number of ether oxygens (including phenoxy) is 1. The number of hydrazine groups is 1. The SMILES string of the molecule is O=C(CCOc1ccccc1)NNC(=O)N1CCc2ccc(O)cc2C1. The van der Waals surface area contributed by atoms with Crippen molar-refractivity contribution < 1.29 is 19.4 Å². The van der Waals surface area contributed by atoms with Gasteiger partial charge in [-0.15, -0.1) is 0 Å². The van der Waals surface area contributed by atoms with Crippen molar-refractivity contribution in [2.75, 3.05) is 13.2 Å². The van der Waals surface area contributed by atoms with Crippen LogP contribution in [-0.4, -0.2) is 35.1 Å². The third-order valence-corrected chi connectivity index (χ3v) is 4.14. The zero-order chi connectivity index (χ0) is 18.4. The molecule has 0 aromatic heterocycles. The summed E-state index contributed by atoms with van der Waals surface area (Å²) in [7, 11) is 0. The van der Waals surface area contributed by atoms with E-state index >= 15 is 0 Å². The van der Waals surface area contributed by atoms with E-state index in [1.165, 1.54) is 0 Å². The smallest absolute Gasteiger partial charge is 0.336 e. The van der Waals surface area contributed by atoms with Gasteiger partial charge in [0.1, 0.15) is 11.5 Å². The molecule has 0 bridgehead atoms. The molecule has 0 unspecified atom stereocenters. The molecule has 0 saturated carbocycles. The van der Waals surface area contributed by atoms with Gasteiger partial charge in [0.15, 0.2) is 0 Å². The Morgan fingerprint density at radius 3 is 2.69 bits per heavy atom. The van der Waals surface area contributed by atoms with Gasteiger partial charge in [0.25, 0.3) is 0 Å². The van der Waals surface area contributed by atoms with Crippen molar-refractivity contribution in [3.05, 3.63) is 59.7 Å². The highest BCUT2D eigenvalue weighted by atomic mass is 16.5. The molecule has 3 N–H and O–H groups in total. The van der Waals surface area contributed by atoms with Crippen molar-refractivity contribution >= 4 is 11.9 Å². The second-order valence-corrected chi connectivity index (χ2v) is 6.01. The fourth-order valence-electron chi connectivity index (χ4n) is 2.76. The number of fused-ring (bicyclic) bond motifs is 1. The highest BCUT2D eigenvalue weighted by Crippen LogP contribution is 2.22. The zero-order valence-corrected chi connectivity index (χ0v) is 14.3. The standard InChI is InChI=1S/C19H21N3O4/c23-16-7-6-14-8-10-22(13-15(14)12-16)19(25)21-20-18(24)9-11-26-17-4-2-1-3-5-17/h1-7,12,23H,8-11,13H2,(H,20,24)(H,21,25). The Labute approximate surface area is 151 Å². The highest BCUT2D eigenvalue weighted by Gasteiger charge is 2.21. The second-order valence-electron chi connectivity index (χ2n) is 6.01. The molecule has 7 nitrogen and oxygen atoms in total. The maximum absolute atomic E-state index is 12.2. The van der Waals surface area contributed by atoms with Crippen molar-refractivity contribution in [3.63, 3.8) is 0 Å². The Balaban J connectivity index is 1.40. The molecule has 0 aliphatic carbocycles. The third-order valence-electron chi connectivity index (χ3n) is 4.14. The molecule has 3 rings (SSSR count). The topological polar surface area (TPSA) is 90.9 Å². The van der Waals surface area contributed by atoms with Crippen LogP contribution in [0.25, 0.3) is 0 Å². The van der Waals surface area contributed by atoms with Crippen LogP contribution in [0.1, 0.15) is 17.5 Å². The molecule has 1 aliphatic rings. The number of rotatable bonds is 4. The number of carbonyl (C=O) groups is 2. The van der Waals surface area contributed by atoms with Crippen LogP contribution in [0.5, 0.6) is 11.5 Å². The summed E-state index contributed by atoms with van der Waals surface area (Å²) < 4.78 is 5.44. The molecule has 0 fully saturated rings. The number of urea groups is 1. The molecule has 3 amide bonds. The van der Waals surface area contributed by atoms with Crippen LogP contribution in [0.3, 0.4) is 0 Å². The number of nitrogens with zero attached hydrogens (tertiary/aromatic N) is 1. The molecule has 2 aromatic carbocycles. The van der Waals surface area contributed by atoms with Crippen molar-refractivity contribution in [3.8, 4) is 11.5 Å². The van der Waals surface area contributed by atoms with Gasteiger partial charge in [-0.25, -0.2) is 10.2 Å². The Hall–Kier alpha value is -3.22. The van der Waals surface area contributed by atoms with Crippen molar-refractivity contribution in [1.29, 1.82) is 0 Å². The number of amides is 3. The first-order valence-electron chi connectivity index (χ1n) is 8.44. The Morgan fingerprint density at radius 1 is 1.08 bits per heavy atom. The molecular weight excluding hydrogens is 334 g/mol. The lowest BCUT2D eigenvalue weighted by Gasteiger charge is -2.29. The number of aromatic hydroxyl groups is 1. The van der Waals surface area contributed by atoms with Crippen LogP contribution in [0, 0.1) is 0 Å². The number of para-hydroxylation sites is 1. The first-order valence-corrected chi connectivity index (χ1v) is 8.44. The van der Waals surface area contributed by atoms with Gasteiger partial charge < -0.3 is 14.7 Å². The molecule has 0 radical (unpaired) electrons. The van der Waals surface area contributed by atoms with Crippen molar-refractivity contribution in [2.45, 2.75) is 19.4 Å². The lowest BCUT2D eigenvalue weighted by Crippen LogP contribution is -2.50. The maximum atomic E-state index is 12.2. The van der Waals surface area contributed by atoms with Gasteiger partial charge in [0, 0.05) is 13.1 Å². The van der Waals surface area contributed by atoms with Gasteiger partial charge in [0.2, 0.25) is 5.91 Å². The van der Waals surface area contributed by atoms with Gasteiger partial charge in [-0.05, 0) is 41.8 Å². The van der Waals surface area contributed by atoms with E-state index in [0.29, 0.717) is 25.3 Å². The van der Waals surface area contributed by atoms with E-state index in [4.69, 9.17) is 4.74 Å². The van der Waals surface area contributed by atoms with Gasteiger partial charge in [0.05, 0.1) is 13.0 Å². The summed E-state index contributed by atoms with van der Waals surface area (Å²) in [6, 6.07) is 14.0. The number of phenolic OH excluding ortho intramolecular Hbond substituents is 1. The predicted octanol–water partition coefficient (Wildman–Crippen LogP) is 1.96. The minimum atomic E-state index is -0.378. The van der Waals surface area contributed by atoms with Gasteiger partial charge in [-0.3, -0.25) is 10.2 Å². The van der Waals surface area contributed by atoms with Gasteiger partial charge in [-0.2, -0.15) is 0 Å². The lowest BCUT2D eigenvalue weighted by atomic mass is 10.00. The summed E-state index contributed by atoms with van der Waals surface area (Å²) in [4.78, 5) is 25.6. The minimum Gasteiger partial charge on any atom is -0.508 e. The summed E-state index contributed by atoms with van der Waals surface area (Å²) in [6.07, 6.45) is 0.841. The summed E-state index contributed by atoms with van der Waals surface area (Å²) in [5, 5.41) is 9.57. The average molecular weight is 355 g/mol. The van der Waals surface area contributed by atoms with E-state index in [1.54, 1.807) is 17.0 Å². The number of benzene rings is 2. The monoisotopic (exact) mass is 355 g/mol. The van der Waals surface area contributed by atoms with Crippen LogP contribution >= 0.6 is 0 Å². The quantitative estimate of drug-likeness (QED) is 0.731. The molecule has 136 valence electrons. The van der Waals surface area contributed by atoms with E-state index in [-0.39, 0.29) is 30.7 Å². The molecule has 7 heteroatoms. The number of hydrogen-bond acceptors (Lipinski definition) is 4. The second kappa shape index (κ2) is 8.24. The van der Waals surface area contributed by atoms with Gasteiger partial charge >= 0.3 is 6.03 Å². The fourth-order valence-corrected chi connectivity index (χ4v) is 2.76. The first-order chi connectivity index (χ1) is 12.6. The van der Waals surface area contributed by atoms with E-state index < -0.39 is 0 Å². The summed E-state index contributed by atoms with van der Waals surface area (Å²) >= 11 is 0. The van der Waals surface area contributed by atoms with E-state index in [2.05, 4.69) is 10.9 Å². The highest BCUT2D eigenvalue weighted by molar-refractivity contribution is 5.81. The first kappa shape index (κ1) is 17.6. The van der Waals surface area contributed by atoms with Crippen molar-refractivity contribution in [1.82, 2.24) is 15.8 Å². The summed E-state index contributed by atoms with van der Waals surface area (Å²) in [5.74, 6) is 0.543. The van der Waals surface area contributed by atoms with Crippen LogP contribution in [-0.2, 0) is 17.8 Å². The third kappa shape index (κ3) is 4.66. The molecule has 0 atom stereocenters. The lowest BCUT2D eigenvalue weighted by molar-refractivity contribution is -0.122.